The van der Waals surface area contributed by atoms with Crippen molar-refractivity contribution in [1.29, 1.82) is 0 Å². The molecule has 0 aromatic carbocycles. The third-order valence-corrected chi connectivity index (χ3v) is 4.00. The second kappa shape index (κ2) is 6.18. The van der Waals surface area contributed by atoms with Crippen LogP contribution in [-0.4, -0.2) is 26.9 Å². The molecule has 0 aliphatic carbocycles. The number of carboxylic acid groups (broad SMARTS) is 1. The van der Waals surface area contributed by atoms with Gasteiger partial charge in [-0.2, -0.15) is 16.4 Å². The van der Waals surface area contributed by atoms with E-state index in [-0.39, 0.29) is 0 Å². The SMILES string of the molecule is Cn1cc(CC(NCc2cscc2Cl)C(=O)O)cn1. The number of aromatic nitrogens is 2. The number of rotatable bonds is 6. The van der Waals surface area contributed by atoms with E-state index in [0.29, 0.717) is 18.0 Å². The number of nitrogens with one attached hydrogen (secondary N) is 1. The van der Waals surface area contributed by atoms with Gasteiger partial charge in [0.1, 0.15) is 6.04 Å². The van der Waals surface area contributed by atoms with Gasteiger partial charge in [-0.3, -0.25) is 14.8 Å². The molecule has 2 aromatic rings. The van der Waals surface area contributed by atoms with Gasteiger partial charge in [0.25, 0.3) is 0 Å². The first-order chi connectivity index (χ1) is 9.06. The molecule has 7 heteroatoms. The van der Waals surface area contributed by atoms with Gasteiger partial charge in [-0.15, -0.1) is 0 Å². The molecule has 2 heterocycles. The van der Waals surface area contributed by atoms with E-state index in [9.17, 15) is 9.90 Å². The molecule has 0 saturated heterocycles. The Morgan fingerprint density at radius 3 is 2.95 bits per heavy atom. The highest BCUT2D eigenvalue weighted by Crippen LogP contribution is 2.20. The van der Waals surface area contributed by atoms with Crippen molar-refractivity contribution in [2.75, 3.05) is 0 Å². The smallest absolute Gasteiger partial charge is 0.321 e. The largest absolute Gasteiger partial charge is 0.480 e. The predicted octanol–water partition coefficient (Wildman–Crippen LogP) is 1.92. The van der Waals surface area contributed by atoms with E-state index in [2.05, 4.69) is 10.4 Å². The Labute approximate surface area is 119 Å². The van der Waals surface area contributed by atoms with Crippen LogP contribution in [0.5, 0.6) is 0 Å². The molecular formula is C12H14ClN3O2S. The lowest BCUT2D eigenvalue weighted by Gasteiger charge is -2.13. The van der Waals surface area contributed by atoms with Gasteiger partial charge in [-0.25, -0.2) is 0 Å². The van der Waals surface area contributed by atoms with E-state index in [0.717, 1.165) is 11.1 Å². The number of nitrogens with zero attached hydrogens (tertiary/aromatic N) is 2. The second-order valence-corrected chi connectivity index (χ2v) is 5.39. The molecule has 2 N–H and O–H groups in total. The van der Waals surface area contributed by atoms with E-state index in [4.69, 9.17) is 11.6 Å². The highest BCUT2D eigenvalue weighted by atomic mass is 35.5. The van der Waals surface area contributed by atoms with Gasteiger partial charge in [0.05, 0.1) is 11.2 Å². The van der Waals surface area contributed by atoms with Crippen LogP contribution in [0.3, 0.4) is 0 Å². The van der Waals surface area contributed by atoms with E-state index in [1.54, 1.807) is 17.9 Å². The van der Waals surface area contributed by atoms with E-state index in [1.165, 1.54) is 11.3 Å². The van der Waals surface area contributed by atoms with Crippen molar-refractivity contribution in [2.24, 2.45) is 7.05 Å². The molecule has 102 valence electrons. The monoisotopic (exact) mass is 299 g/mol. The lowest BCUT2D eigenvalue weighted by molar-refractivity contribution is -0.139. The molecule has 1 unspecified atom stereocenters. The fourth-order valence-electron chi connectivity index (χ4n) is 1.73. The molecule has 0 bridgehead atoms. The highest BCUT2D eigenvalue weighted by Gasteiger charge is 2.18. The number of carboxylic acids is 1. The van der Waals surface area contributed by atoms with E-state index < -0.39 is 12.0 Å². The fraction of sp³-hybridized carbons (Fsp3) is 0.333. The van der Waals surface area contributed by atoms with Gasteiger partial charge in [-0.1, -0.05) is 11.6 Å². The maximum absolute atomic E-state index is 11.2. The van der Waals surface area contributed by atoms with Crippen LogP contribution in [0.4, 0.5) is 0 Å². The molecule has 0 amide bonds. The lowest BCUT2D eigenvalue weighted by atomic mass is 10.1. The molecular weight excluding hydrogens is 286 g/mol. The molecule has 2 aromatic heterocycles. The summed E-state index contributed by atoms with van der Waals surface area (Å²) in [5.41, 5.74) is 1.81. The Bertz CT molecular complexity index is 567. The summed E-state index contributed by atoms with van der Waals surface area (Å²) in [4.78, 5) is 11.2. The van der Waals surface area contributed by atoms with E-state index >= 15 is 0 Å². The number of hydrogen-bond acceptors (Lipinski definition) is 4. The average Bonchev–Trinajstić information content (AvgIpc) is 2.93. The fourth-order valence-corrected chi connectivity index (χ4v) is 2.78. The minimum atomic E-state index is -0.879. The standard InChI is InChI=1S/C12H14ClN3O2S/c1-16-5-8(3-15-16)2-11(12(17)18)14-4-9-6-19-7-10(9)13/h3,5-7,11,14H,2,4H2,1H3,(H,17,18). The summed E-state index contributed by atoms with van der Waals surface area (Å²) < 4.78 is 1.66. The number of aryl methyl sites for hydroxylation is 1. The quantitative estimate of drug-likeness (QED) is 0.855. The zero-order chi connectivity index (χ0) is 13.8. The van der Waals surface area contributed by atoms with Crippen LogP contribution in [0.2, 0.25) is 5.02 Å². The Morgan fingerprint density at radius 1 is 1.63 bits per heavy atom. The molecule has 0 aliphatic rings. The third kappa shape index (κ3) is 3.79. The molecule has 5 nitrogen and oxygen atoms in total. The molecule has 0 aliphatic heterocycles. The molecule has 2 rings (SSSR count). The molecule has 0 radical (unpaired) electrons. The first-order valence-electron chi connectivity index (χ1n) is 5.70. The summed E-state index contributed by atoms with van der Waals surface area (Å²) in [5.74, 6) is -0.879. The zero-order valence-electron chi connectivity index (χ0n) is 10.3. The predicted molar refractivity (Wildman–Crippen MR) is 74.5 cm³/mol. The van der Waals surface area contributed by atoms with Crippen LogP contribution < -0.4 is 5.32 Å². The average molecular weight is 300 g/mol. The maximum atomic E-state index is 11.2. The van der Waals surface area contributed by atoms with Crippen molar-refractivity contribution < 1.29 is 9.90 Å². The molecule has 19 heavy (non-hydrogen) atoms. The topological polar surface area (TPSA) is 67.2 Å². The van der Waals surface area contributed by atoms with Gasteiger partial charge in [0.15, 0.2) is 0 Å². The summed E-state index contributed by atoms with van der Waals surface area (Å²) in [6.45, 7) is 0.444. The lowest BCUT2D eigenvalue weighted by Crippen LogP contribution is -2.38. The Balaban J connectivity index is 1.97. The second-order valence-electron chi connectivity index (χ2n) is 4.24. The van der Waals surface area contributed by atoms with Crippen molar-refractivity contribution in [1.82, 2.24) is 15.1 Å². The first kappa shape index (κ1) is 14.0. The van der Waals surface area contributed by atoms with Crippen LogP contribution in [-0.2, 0) is 24.8 Å². The highest BCUT2D eigenvalue weighted by molar-refractivity contribution is 7.08. The Hall–Kier alpha value is -1.37. The van der Waals surface area contributed by atoms with Crippen molar-refractivity contribution in [3.05, 3.63) is 39.3 Å². The molecule has 0 fully saturated rings. The third-order valence-electron chi connectivity index (χ3n) is 2.72. The summed E-state index contributed by atoms with van der Waals surface area (Å²) in [6, 6.07) is -0.653. The van der Waals surface area contributed by atoms with Gasteiger partial charge >= 0.3 is 5.97 Å². The molecule has 0 spiro atoms. The normalized spacial score (nSPS) is 12.5. The number of aliphatic carboxylic acids is 1. The number of thiophene rings is 1. The van der Waals surface area contributed by atoms with E-state index in [1.807, 2.05) is 17.0 Å². The van der Waals surface area contributed by atoms with Crippen LogP contribution in [0.15, 0.2) is 23.2 Å². The van der Waals surface area contributed by atoms with Crippen LogP contribution in [0, 0.1) is 0 Å². The van der Waals surface area contributed by atoms with Crippen LogP contribution in [0.1, 0.15) is 11.1 Å². The van der Waals surface area contributed by atoms with Crippen molar-refractivity contribution in [3.8, 4) is 0 Å². The summed E-state index contributed by atoms with van der Waals surface area (Å²) in [5, 5.41) is 20.7. The molecule has 1 atom stereocenters. The van der Waals surface area contributed by atoms with Crippen molar-refractivity contribution in [2.45, 2.75) is 19.0 Å². The minimum absolute atomic E-state index is 0.394. The van der Waals surface area contributed by atoms with Gasteiger partial charge in [0.2, 0.25) is 0 Å². The number of carbonyl (C=O) groups is 1. The number of halogens is 1. The van der Waals surface area contributed by atoms with Crippen LogP contribution >= 0.6 is 22.9 Å². The maximum Gasteiger partial charge on any atom is 0.321 e. The Kier molecular flexibility index (Phi) is 4.57. The van der Waals surface area contributed by atoms with Gasteiger partial charge in [0, 0.05) is 31.6 Å². The van der Waals surface area contributed by atoms with Crippen molar-refractivity contribution >= 4 is 28.9 Å². The summed E-state index contributed by atoms with van der Waals surface area (Å²) in [7, 11) is 1.80. The Morgan fingerprint density at radius 2 is 2.42 bits per heavy atom. The summed E-state index contributed by atoms with van der Waals surface area (Å²) >= 11 is 7.48. The van der Waals surface area contributed by atoms with Gasteiger partial charge < -0.3 is 5.11 Å². The molecule has 0 saturated carbocycles. The van der Waals surface area contributed by atoms with Gasteiger partial charge in [-0.05, 0) is 16.5 Å². The van der Waals surface area contributed by atoms with Crippen molar-refractivity contribution in [3.63, 3.8) is 0 Å². The zero-order valence-corrected chi connectivity index (χ0v) is 11.9. The first-order valence-corrected chi connectivity index (χ1v) is 7.02. The number of hydrogen-bond donors (Lipinski definition) is 2. The summed E-state index contributed by atoms with van der Waals surface area (Å²) in [6.07, 6.45) is 3.88. The van der Waals surface area contributed by atoms with Crippen LogP contribution in [0.25, 0.3) is 0 Å². The minimum Gasteiger partial charge on any atom is -0.480 e.